The Morgan fingerprint density at radius 3 is 2.29 bits per heavy atom. The molecule has 0 unspecified atom stereocenters. The molecule has 0 atom stereocenters. The minimum absolute atomic E-state index is 0.161. The fourth-order valence-electron chi connectivity index (χ4n) is 1.96. The molecule has 4 nitrogen and oxygen atoms in total. The van der Waals surface area contributed by atoms with Gasteiger partial charge in [-0.15, -0.1) is 4.58 Å². The summed E-state index contributed by atoms with van der Waals surface area (Å²) >= 11 is 0. The zero-order valence-corrected chi connectivity index (χ0v) is 11.3. The Kier molecular flexibility index (Phi) is 4.69. The number of carbonyl (C=O) groups excluding carboxylic acids is 1. The molecule has 0 aliphatic heterocycles. The Morgan fingerprint density at radius 2 is 1.82 bits per heavy atom. The molecule has 0 aromatic carbocycles. The number of rotatable bonds is 1. The summed E-state index contributed by atoms with van der Waals surface area (Å²) in [4.78, 5) is 11.7. The summed E-state index contributed by atoms with van der Waals surface area (Å²) in [5.74, 6) is 0.371. The summed E-state index contributed by atoms with van der Waals surface area (Å²) in [5, 5.41) is 9.40. The molecule has 98 valence electrons. The van der Waals surface area contributed by atoms with Crippen LogP contribution in [-0.2, 0) is 4.74 Å². The predicted molar refractivity (Wildman–Crippen MR) is 66.4 cm³/mol. The molecule has 0 radical (unpaired) electrons. The van der Waals surface area contributed by atoms with Gasteiger partial charge in [-0.3, -0.25) is 0 Å². The van der Waals surface area contributed by atoms with Crippen molar-refractivity contribution in [1.29, 1.82) is 0 Å². The first-order valence-corrected chi connectivity index (χ1v) is 6.27. The van der Waals surface area contributed by atoms with Crippen LogP contribution in [0.15, 0.2) is 0 Å². The van der Waals surface area contributed by atoms with Gasteiger partial charge >= 0.3 is 6.09 Å². The highest BCUT2D eigenvalue weighted by atomic mass is 16.6. The number of carbonyl (C=O) groups is 1. The topological polar surface area (TPSA) is 49.5 Å². The molecule has 0 aromatic heterocycles. The van der Waals surface area contributed by atoms with Gasteiger partial charge in [-0.05, 0) is 46.5 Å². The smallest absolute Gasteiger partial charge is 0.406 e. The van der Waals surface area contributed by atoms with Crippen LogP contribution in [0.5, 0.6) is 0 Å². The third-order valence-electron chi connectivity index (χ3n) is 2.86. The number of nitrogens with zero attached hydrogens (tertiary/aromatic N) is 1. The van der Waals surface area contributed by atoms with E-state index in [1.807, 2.05) is 27.0 Å². The average Bonchev–Trinajstić information content (AvgIpc) is 2.19. The van der Waals surface area contributed by atoms with Crippen molar-refractivity contribution in [3.63, 3.8) is 0 Å². The van der Waals surface area contributed by atoms with Crippen molar-refractivity contribution in [2.75, 3.05) is 7.05 Å². The van der Waals surface area contributed by atoms with Crippen LogP contribution in [0.2, 0.25) is 0 Å². The molecule has 1 fully saturated rings. The van der Waals surface area contributed by atoms with Crippen LogP contribution in [0.25, 0.3) is 0 Å². The van der Waals surface area contributed by atoms with Crippen LogP contribution < -0.4 is 0 Å². The van der Waals surface area contributed by atoms with E-state index in [0.717, 1.165) is 25.7 Å². The van der Waals surface area contributed by atoms with Gasteiger partial charge in [-0.25, -0.2) is 0 Å². The van der Waals surface area contributed by atoms with Gasteiger partial charge in [-0.1, -0.05) is 0 Å². The quantitative estimate of drug-likeness (QED) is 0.566. The molecule has 1 rings (SSSR count). The van der Waals surface area contributed by atoms with Crippen LogP contribution in [0, 0.1) is 5.92 Å². The Hall–Kier alpha value is -0.900. The second-order valence-electron chi connectivity index (χ2n) is 5.81. The van der Waals surface area contributed by atoms with Gasteiger partial charge in [0.1, 0.15) is 12.6 Å². The van der Waals surface area contributed by atoms with E-state index in [1.54, 1.807) is 7.05 Å². The number of aliphatic hydroxyl groups is 1. The third-order valence-corrected chi connectivity index (χ3v) is 2.86. The predicted octanol–water partition coefficient (Wildman–Crippen LogP) is 2.19. The van der Waals surface area contributed by atoms with Crippen LogP contribution in [0.3, 0.4) is 0 Å². The van der Waals surface area contributed by atoms with Crippen molar-refractivity contribution >= 4 is 12.3 Å². The number of ether oxygens (including phenoxy) is 1. The average molecular weight is 242 g/mol. The summed E-state index contributed by atoms with van der Waals surface area (Å²) in [5.41, 5.74) is -0.456. The fourth-order valence-corrected chi connectivity index (χ4v) is 1.96. The van der Waals surface area contributed by atoms with E-state index >= 15 is 0 Å². The van der Waals surface area contributed by atoms with Crippen LogP contribution in [0.1, 0.15) is 46.5 Å². The lowest BCUT2D eigenvalue weighted by molar-refractivity contribution is -0.416. The van der Waals surface area contributed by atoms with E-state index in [4.69, 9.17) is 4.74 Å². The van der Waals surface area contributed by atoms with Crippen molar-refractivity contribution < 1.29 is 19.2 Å². The molecule has 1 aliphatic rings. The summed E-state index contributed by atoms with van der Waals surface area (Å²) in [6.45, 7) is 5.57. The van der Waals surface area contributed by atoms with E-state index in [0.29, 0.717) is 5.92 Å². The van der Waals surface area contributed by atoms with Gasteiger partial charge in [0.15, 0.2) is 6.21 Å². The van der Waals surface area contributed by atoms with Crippen molar-refractivity contribution in [2.45, 2.75) is 58.2 Å². The Bertz CT molecular complexity index is 296. The van der Waals surface area contributed by atoms with E-state index in [1.165, 1.54) is 4.58 Å². The first-order valence-electron chi connectivity index (χ1n) is 6.27. The van der Waals surface area contributed by atoms with E-state index in [-0.39, 0.29) is 12.2 Å². The van der Waals surface area contributed by atoms with Gasteiger partial charge in [-0.2, -0.15) is 4.79 Å². The molecule has 1 N–H and O–H groups in total. The highest BCUT2D eigenvalue weighted by Crippen LogP contribution is 2.22. The van der Waals surface area contributed by atoms with E-state index < -0.39 is 5.60 Å². The zero-order chi connectivity index (χ0) is 13.1. The number of amides is 1. The molecule has 1 amide bonds. The Morgan fingerprint density at radius 1 is 1.29 bits per heavy atom. The maximum Gasteiger partial charge on any atom is 0.596 e. The minimum atomic E-state index is -0.456. The highest BCUT2D eigenvalue weighted by Gasteiger charge is 2.26. The standard InChI is InChI=1S/C13H24NO3/c1-13(2,3)17-12(16)14(4)9-10-5-7-11(15)8-6-10/h9-11,15H,5-8H2,1-4H3/q+1. The van der Waals surface area contributed by atoms with Crippen LogP contribution >= 0.6 is 0 Å². The van der Waals surface area contributed by atoms with E-state index in [9.17, 15) is 9.90 Å². The summed E-state index contributed by atoms with van der Waals surface area (Å²) < 4.78 is 6.79. The molecule has 17 heavy (non-hydrogen) atoms. The first kappa shape index (κ1) is 14.2. The van der Waals surface area contributed by atoms with Crippen LogP contribution in [-0.4, -0.2) is 40.7 Å². The minimum Gasteiger partial charge on any atom is -0.406 e. The second-order valence-corrected chi connectivity index (χ2v) is 5.81. The lowest BCUT2D eigenvalue weighted by Crippen LogP contribution is -2.31. The molecule has 0 bridgehead atoms. The second kappa shape index (κ2) is 5.63. The van der Waals surface area contributed by atoms with Gasteiger partial charge in [0, 0.05) is 5.92 Å². The van der Waals surface area contributed by atoms with Gasteiger partial charge in [0.05, 0.1) is 6.10 Å². The number of hydrogen-bond donors (Lipinski definition) is 1. The summed E-state index contributed by atoms with van der Waals surface area (Å²) in [7, 11) is 1.72. The molecule has 1 saturated carbocycles. The number of hydrogen-bond acceptors (Lipinski definition) is 3. The van der Waals surface area contributed by atoms with Crippen molar-refractivity contribution in [1.82, 2.24) is 0 Å². The first-order chi connectivity index (χ1) is 7.78. The molecule has 0 aromatic rings. The number of aliphatic hydroxyl groups excluding tert-OH is 1. The van der Waals surface area contributed by atoms with Gasteiger partial charge in [0.2, 0.25) is 0 Å². The maximum atomic E-state index is 11.7. The molecular formula is C13H24NO3+. The maximum absolute atomic E-state index is 11.7. The van der Waals surface area contributed by atoms with Crippen molar-refractivity contribution in [3.05, 3.63) is 0 Å². The Labute approximate surface area is 103 Å². The zero-order valence-electron chi connectivity index (χ0n) is 11.3. The van der Waals surface area contributed by atoms with Gasteiger partial charge < -0.3 is 9.84 Å². The van der Waals surface area contributed by atoms with E-state index in [2.05, 4.69) is 0 Å². The SMILES string of the molecule is C[N+](=CC1CCC(O)CC1)C(=O)OC(C)(C)C. The molecule has 4 heteroatoms. The van der Waals surface area contributed by atoms with Gasteiger partial charge in [0.25, 0.3) is 0 Å². The monoisotopic (exact) mass is 242 g/mol. The molecule has 0 heterocycles. The molecule has 1 aliphatic carbocycles. The molecular weight excluding hydrogens is 218 g/mol. The van der Waals surface area contributed by atoms with Crippen molar-refractivity contribution in [3.8, 4) is 0 Å². The van der Waals surface area contributed by atoms with Crippen LogP contribution in [0.4, 0.5) is 4.79 Å². The Balaban J connectivity index is 2.51. The fraction of sp³-hybridized carbons (Fsp3) is 0.846. The third kappa shape index (κ3) is 5.31. The molecule has 0 spiro atoms. The summed E-state index contributed by atoms with van der Waals surface area (Å²) in [6, 6.07) is 0. The normalized spacial score (nSPS) is 26.8. The lowest BCUT2D eigenvalue weighted by Gasteiger charge is -2.21. The van der Waals surface area contributed by atoms with Crippen molar-refractivity contribution in [2.24, 2.45) is 5.92 Å². The molecule has 0 saturated heterocycles. The summed E-state index contributed by atoms with van der Waals surface area (Å²) in [6.07, 6.45) is 4.96. The largest absolute Gasteiger partial charge is 0.596 e. The lowest BCUT2D eigenvalue weighted by atomic mass is 9.88. The highest BCUT2D eigenvalue weighted by molar-refractivity contribution is 5.67.